The van der Waals surface area contributed by atoms with Crippen molar-refractivity contribution >= 4 is 5.97 Å². The highest BCUT2D eigenvalue weighted by Gasteiger charge is 2.28. The molecule has 1 atom stereocenters. The molecule has 0 amide bonds. The molecule has 1 saturated carbocycles. The van der Waals surface area contributed by atoms with Gasteiger partial charge in [-0.05, 0) is 19.8 Å². The molecule has 1 aliphatic carbocycles. The average Bonchev–Trinajstić information content (AvgIpc) is 2.83. The maximum absolute atomic E-state index is 11.2. The maximum atomic E-state index is 11.2. The van der Waals surface area contributed by atoms with E-state index in [4.69, 9.17) is 9.84 Å². The summed E-state index contributed by atoms with van der Waals surface area (Å²) in [5.74, 6) is -1.05. The smallest absolute Gasteiger partial charge is 0.358 e. The highest BCUT2D eigenvalue weighted by Crippen LogP contribution is 2.31. The van der Waals surface area contributed by atoms with Crippen molar-refractivity contribution in [2.45, 2.75) is 51.2 Å². The zero-order valence-corrected chi connectivity index (χ0v) is 10.8. The van der Waals surface area contributed by atoms with Gasteiger partial charge in [-0.25, -0.2) is 9.48 Å². The van der Waals surface area contributed by atoms with Gasteiger partial charge in [0.1, 0.15) is 5.69 Å². The van der Waals surface area contributed by atoms with Crippen LogP contribution >= 0.6 is 0 Å². The predicted molar refractivity (Wildman–Crippen MR) is 64.5 cm³/mol. The van der Waals surface area contributed by atoms with Crippen LogP contribution in [-0.4, -0.2) is 33.2 Å². The van der Waals surface area contributed by atoms with Gasteiger partial charge in [0.15, 0.2) is 5.69 Å². The molecule has 1 heterocycles. The molecule has 0 saturated heterocycles. The van der Waals surface area contributed by atoms with Crippen molar-refractivity contribution < 1.29 is 14.6 Å². The second-order valence-corrected chi connectivity index (χ2v) is 4.74. The lowest BCUT2D eigenvalue weighted by Crippen LogP contribution is -2.19. The SMILES string of the molecule is COC(C)c1c(C(=O)O)nnn1C1CCCCC1. The highest BCUT2D eigenvalue weighted by molar-refractivity contribution is 5.86. The number of rotatable bonds is 4. The van der Waals surface area contributed by atoms with E-state index in [1.165, 1.54) is 6.42 Å². The first kappa shape index (κ1) is 13.0. The van der Waals surface area contributed by atoms with Crippen molar-refractivity contribution in [2.24, 2.45) is 0 Å². The first-order chi connectivity index (χ1) is 8.65. The van der Waals surface area contributed by atoms with Crippen LogP contribution in [0, 0.1) is 0 Å². The normalized spacial score (nSPS) is 18.8. The van der Waals surface area contributed by atoms with Gasteiger partial charge in [0.25, 0.3) is 0 Å². The van der Waals surface area contributed by atoms with E-state index in [9.17, 15) is 4.79 Å². The van der Waals surface area contributed by atoms with Crippen LogP contribution in [0.3, 0.4) is 0 Å². The van der Waals surface area contributed by atoms with Crippen LogP contribution in [0.25, 0.3) is 0 Å². The molecule has 1 unspecified atom stereocenters. The molecule has 0 bridgehead atoms. The number of carboxylic acid groups (broad SMARTS) is 1. The van der Waals surface area contributed by atoms with Crippen molar-refractivity contribution in [3.05, 3.63) is 11.4 Å². The van der Waals surface area contributed by atoms with Gasteiger partial charge >= 0.3 is 5.97 Å². The molecule has 0 aromatic carbocycles. The number of aromatic carboxylic acids is 1. The third-order valence-corrected chi connectivity index (χ3v) is 3.59. The van der Waals surface area contributed by atoms with E-state index < -0.39 is 5.97 Å². The number of carboxylic acids is 1. The van der Waals surface area contributed by atoms with E-state index in [-0.39, 0.29) is 17.8 Å². The molecule has 0 radical (unpaired) electrons. The van der Waals surface area contributed by atoms with Crippen LogP contribution < -0.4 is 0 Å². The molecule has 1 aromatic rings. The molecular formula is C12H19N3O3. The van der Waals surface area contributed by atoms with Gasteiger partial charge in [0.2, 0.25) is 0 Å². The van der Waals surface area contributed by atoms with Gasteiger partial charge < -0.3 is 9.84 Å². The maximum Gasteiger partial charge on any atom is 0.358 e. The number of ether oxygens (including phenoxy) is 1. The number of hydrogen-bond acceptors (Lipinski definition) is 4. The van der Waals surface area contributed by atoms with Gasteiger partial charge in [-0.1, -0.05) is 24.5 Å². The topological polar surface area (TPSA) is 77.2 Å². The molecule has 100 valence electrons. The van der Waals surface area contributed by atoms with E-state index in [0.29, 0.717) is 5.69 Å². The first-order valence-electron chi connectivity index (χ1n) is 6.36. The molecule has 1 aromatic heterocycles. The van der Waals surface area contributed by atoms with E-state index in [0.717, 1.165) is 25.7 Å². The van der Waals surface area contributed by atoms with Crippen LogP contribution in [0.15, 0.2) is 0 Å². The molecule has 0 aliphatic heterocycles. The number of hydrogen-bond donors (Lipinski definition) is 1. The van der Waals surface area contributed by atoms with Gasteiger partial charge in [-0.2, -0.15) is 0 Å². The Morgan fingerprint density at radius 2 is 2.11 bits per heavy atom. The number of carbonyl (C=O) groups is 1. The second kappa shape index (κ2) is 5.48. The summed E-state index contributed by atoms with van der Waals surface area (Å²) in [7, 11) is 1.56. The van der Waals surface area contributed by atoms with Gasteiger partial charge in [0.05, 0.1) is 12.1 Å². The summed E-state index contributed by atoms with van der Waals surface area (Å²) in [6, 6.07) is 0.256. The Bertz CT molecular complexity index is 424. The summed E-state index contributed by atoms with van der Waals surface area (Å²) in [5, 5.41) is 17.0. The summed E-state index contributed by atoms with van der Waals surface area (Å²) in [6.45, 7) is 1.82. The summed E-state index contributed by atoms with van der Waals surface area (Å²) in [4.78, 5) is 11.2. The van der Waals surface area contributed by atoms with Crippen molar-refractivity contribution in [1.82, 2.24) is 15.0 Å². The fourth-order valence-corrected chi connectivity index (χ4v) is 2.54. The molecule has 6 heteroatoms. The second-order valence-electron chi connectivity index (χ2n) is 4.74. The Morgan fingerprint density at radius 3 is 2.67 bits per heavy atom. The average molecular weight is 253 g/mol. The third-order valence-electron chi connectivity index (χ3n) is 3.59. The molecule has 1 fully saturated rings. The standard InChI is InChI=1S/C12H19N3O3/c1-8(18-2)11-10(12(16)17)13-14-15(11)9-6-4-3-5-7-9/h8-9H,3-7H2,1-2H3,(H,16,17). The minimum atomic E-state index is -1.05. The van der Waals surface area contributed by atoms with Crippen molar-refractivity contribution in [3.8, 4) is 0 Å². The number of aromatic nitrogens is 3. The van der Waals surface area contributed by atoms with Crippen LogP contribution in [0.2, 0.25) is 0 Å². The monoisotopic (exact) mass is 253 g/mol. The first-order valence-corrected chi connectivity index (χ1v) is 6.36. The lowest BCUT2D eigenvalue weighted by Gasteiger charge is -2.24. The summed E-state index contributed by atoms with van der Waals surface area (Å²) in [5.41, 5.74) is 0.590. The van der Waals surface area contributed by atoms with Crippen molar-refractivity contribution in [1.29, 1.82) is 0 Å². The van der Waals surface area contributed by atoms with Crippen LogP contribution in [0.5, 0.6) is 0 Å². The number of methoxy groups -OCH3 is 1. The predicted octanol–water partition coefficient (Wildman–Crippen LogP) is 2.19. The Balaban J connectivity index is 2.36. The van der Waals surface area contributed by atoms with Gasteiger partial charge in [-0.15, -0.1) is 5.10 Å². The van der Waals surface area contributed by atoms with Crippen LogP contribution in [0.4, 0.5) is 0 Å². The summed E-state index contributed by atoms with van der Waals surface area (Å²) in [6.07, 6.45) is 5.32. The lowest BCUT2D eigenvalue weighted by atomic mass is 9.95. The van der Waals surface area contributed by atoms with Gasteiger partial charge in [-0.3, -0.25) is 0 Å². The minimum Gasteiger partial charge on any atom is -0.476 e. The Labute approximate surface area is 106 Å². The summed E-state index contributed by atoms with van der Waals surface area (Å²) >= 11 is 0. The fourth-order valence-electron chi connectivity index (χ4n) is 2.54. The van der Waals surface area contributed by atoms with E-state index in [1.54, 1.807) is 11.8 Å². The molecule has 2 rings (SSSR count). The van der Waals surface area contributed by atoms with Crippen molar-refractivity contribution in [2.75, 3.05) is 7.11 Å². The van der Waals surface area contributed by atoms with Crippen LogP contribution in [-0.2, 0) is 4.74 Å². The van der Waals surface area contributed by atoms with Gasteiger partial charge in [0, 0.05) is 7.11 Å². The van der Waals surface area contributed by atoms with Crippen LogP contribution in [0.1, 0.15) is 67.4 Å². The minimum absolute atomic E-state index is 0.00919. The molecular weight excluding hydrogens is 234 g/mol. The zero-order valence-electron chi connectivity index (χ0n) is 10.8. The van der Waals surface area contributed by atoms with E-state index in [2.05, 4.69) is 10.3 Å². The third kappa shape index (κ3) is 2.38. The number of nitrogens with zero attached hydrogens (tertiary/aromatic N) is 3. The quantitative estimate of drug-likeness (QED) is 0.890. The van der Waals surface area contributed by atoms with Crippen molar-refractivity contribution in [3.63, 3.8) is 0 Å². The lowest BCUT2D eigenvalue weighted by molar-refractivity contribution is 0.0672. The Kier molecular flexibility index (Phi) is 3.96. The summed E-state index contributed by atoms with van der Waals surface area (Å²) < 4.78 is 7.01. The Morgan fingerprint density at radius 1 is 1.44 bits per heavy atom. The molecule has 0 spiro atoms. The molecule has 1 N–H and O–H groups in total. The molecule has 18 heavy (non-hydrogen) atoms. The molecule has 1 aliphatic rings. The molecule has 6 nitrogen and oxygen atoms in total. The zero-order chi connectivity index (χ0) is 13.1. The fraction of sp³-hybridized carbons (Fsp3) is 0.750. The van der Waals surface area contributed by atoms with E-state index in [1.807, 2.05) is 6.92 Å². The highest BCUT2D eigenvalue weighted by atomic mass is 16.5. The van der Waals surface area contributed by atoms with E-state index >= 15 is 0 Å². The largest absolute Gasteiger partial charge is 0.476 e. The Hall–Kier alpha value is -1.43.